The Balaban J connectivity index is 2.02. The summed E-state index contributed by atoms with van der Waals surface area (Å²) in [5.41, 5.74) is 3.81. The van der Waals surface area contributed by atoms with Gasteiger partial charge in [-0.1, -0.05) is 0 Å². The summed E-state index contributed by atoms with van der Waals surface area (Å²) in [4.78, 5) is 28.2. The molecule has 1 heterocycles. The highest BCUT2D eigenvalue weighted by Gasteiger charge is 2.05. The average molecular weight is 318 g/mol. The van der Waals surface area contributed by atoms with Gasteiger partial charge in [0.25, 0.3) is 5.56 Å². The number of amides is 1. The fourth-order valence-electron chi connectivity index (χ4n) is 1.74. The van der Waals surface area contributed by atoms with Gasteiger partial charge in [-0.3, -0.25) is 14.6 Å². The molecule has 0 aliphatic heterocycles. The minimum absolute atomic E-state index is 0.0417. The Morgan fingerprint density at radius 3 is 2.64 bits per heavy atom. The van der Waals surface area contributed by atoms with Crippen LogP contribution in [0.1, 0.15) is 18.2 Å². The highest BCUT2D eigenvalue weighted by Crippen LogP contribution is 2.10. The van der Waals surface area contributed by atoms with Crippen LogP contribution < -0.4 is 11.0 Å². The lowest BCUT2D eigenvalue weighted by Gasteiger charge is -2.03. The summed E-state index contributed by atoms with van der Waals surface area (Å²) in [6, 6.07) is 7.72. The van der Waals surface area contributed by atoms with E-state index in [2.05, 4.69) is 20.5 Å². The summed E-state index contributed by atoms with van der Waals surface area (Å²) in [7, 11) is 0. The van der Waals surface area contributed by atoms with Crippen LogP contribution >= 0.6 is 12.2 Å². The van der Waals surface area contributed by atoms with Gasteiger partial charge in [0.05, 0.1) is 12.1 Å². The predicted octanol–water partition coefficient (Wildman–Crippen LogP) is 1.22. The molecule has 2 aromatic rings. The molecule has 0 aliphatic rings. The van der Waals surface area contributed by atoms with Gasteiger partial charge in [-0.15, -0.1) is 0 Å². The number of nitrogens with one attached hydrogen (secondary N) is 3. The predicted molar refractivity (Wildman–Crippen MR) is 84.4 cm³/mol. The molecule has 0 saturated heterocycles. The molecule has 7 nitrogen and oxygen atoms in total. The molecule has 1 aromatic heterocycles. The molecule has 0 fully saturated rings. The zero-order valence-corrected chi connectivity index (χ0v) is 12.5. The van der Waals surface area contributed by atoms with Gasteiger partial charge < -0.3 is 10.1 Å². The monoisotopic (exact) mass is 318 g/mol. The second-order valence-electron chi connectivity index (χ2n) is 4.57. The molecule has 2 rings (SSSR count). The van der Waals surface area contributed by atoms with Crippen molar-refractivity contribution in [1.29, 1.82) is 0 Å². The van der Waals surface area contributed by atoms with Crippen molar-refractivity contribution in [2.24, 2.45) is 5.10 Å². The van der Waals surface area contributed by atoms with Gasteiger partial charge in [-0.2, -0.15) is 5.10 Å². The summed E-state index contributed by atoms with van der Waals surface area (Å²) in [5.74, 6) is -0.223. The van der Waals surface area contributed by atoms with Crippen LogP contribution in [0.2, 0.25) is 0 Å². The van der Waals surface area contributed by atoms with Crippen LogP contribution in [-0.2, 0) is 11.2 Å². The summed E-state index contributed by atoms with van der Waals surface area (Å²) in [6.07, 6.45) is -0.0417. The molecule has 0 atom stereocenters. The third kappa shape index (κ3) is 4.38. The van der Waals surface area contributed by atoms with E-state index in [0.29, 0.717) is 11.4 Å². The normalized spacial score (nSPS) is 11.2. The van der Waals surface area contributed by atoms with E-state index >= 15 is 0 Å². The van der Waals surface area contributed by atoms with Gasteiger partial charge in [0.2, 0.25) is 5.91 Å². The third-order valence-corrected chi connectivity index (χ3v) is 3.00. The smallest absolute Gasteiger partial charge is 0.251 e. The number of aromatic hydroxyl groups is 1. The van der Waals surface area contributed by atoms with E-state index in [-0.39, 0.29) is 28.4 Å². The van der Waals surface area contributed by atoms with Crippen molar-refractivity contribution >= 4 is 23.8 Å². The summed E-state index contributed by atoms with van der Waals surface area (Å²) >= 11 is 4.83. The highest BCUT2D eigenvalue weighted by molar-refractivity contribution is 7.71. The molecule has 22 heavy (non-hydrogen) atoms. The van der Waals surface area contributed by atoms with Gasteiger partial charge in [0.1, 0.15) is 5.75 Å². The first kappa shape index (κ1) is 15.6. The van der Waals surface area contributed by atoms with Crippen LogP contribution in [0.3, 0.4) is 0 Å². The Labute approximate surface area is 130 Å². The second kappa shape index (κ2) is 6.81. The molecule has 0 saturated carbocycles. The molecule has 0 unspecified atom stereocenters. The van der Waals surface area contributed by atoms with Crippen LogP contribution in [0.15, 0.2) is 40.2 Å². The molecule has 4 N–H and O–H groups in total. The van der Waals surface area contributed by atoms with Crippen LogP contribution in [0.25, 0.3) is 0 Å². The van der Waals surface area contributed by atoms with E-state index in [0.717, 1.165) is 5.56 Å². The standard InChI is InChI=1S/C14H14N4O3S/c1-8(9-2-4-11(19)5-3-9)17-18-13(21)7-10-6-12(20)16-14(22)15-10/h2-6,19H,7H2,1H3,(H,18,21)(H2,15,16,20,22)/b17-8+. The number of phenols is 1. The molecule has 0 radical (unpaired) electrons. The lowest BCUT2D eigenvalue weighted by molar-refractivity contribution is -0.120. The summed E-state index contributed by atoms with van der Waals surface area (Å²) < 4.78 is 0.166. The number of H-pyrrole nitrogens is 2. The molecular formula is C14H14N4O3S. The minimum atomic E-state index is -0.380. The second-order valence-corrected chi connectivity index (χ2v) is 4.98. The quantitative estimate of drug-likeness (QED) is 0.386. The highest BCUT2D eigenvalue weighted by atomic mass is 32.1. The maximum absolute atomic E-state index is 11.8. The fraction of sp³-hybridized carbons (Fsp3) is 0.143. The van der Waals surface area contributed by atoms with E-state index in [1.165, 1.54) is 18.2 Å². The lowest BCUT2D eigenvalue weighted by atomic mass is 10.1. The number of rotatable bonds is 4. The Hall–Kier alpha value is -2.74. The molecular weight excluding hydrogens is 304 g/mol. The van der Waals surface area contributed by atoms with Crippen molar-refractivity contribution in [2.75, 3.05) is 0 Å². The van der Waals surface area contributed by atoms with E-state index < -0.39 is 0 Å². The number of aromatic amines is 2. The average Bonchev–Trinajstić information content (AvgIpc) is 2.44. The minimum Gasteiger partial charge on any atom is -0.508 e. The van der Waals surface area contributed by atoms with Crippen LogP contribution in [-0.4, -0.2) is 26.7 Å². The Morgan fingerprint density at radius 1 is 1.32 bits per heavy atom. The number of carbonyl (C=O) groups is 1. The van der Waals surface area contributed by atoms with E-state index in [4.69, 9.17) is 12.2 Å². The fourth-order valence-corrected chi connectivity index (χ4v) is 1.97. The first-order chi connectivity index (χ1) is 10.4. The first-order valence-electron chi connectivity index (χ1n) is 6.39. The zero-order valence-electron chi connectivity index (χ0n) is 11.7. The number of aromatic nitrogens is 2. The Bertz CT molecular complexity index is 793. The van der Waals surface area contributed by atoms with Crippen LogP contribution in [0.5, 0.6) is 5.75 Å². The third-order valence-electron chi connectivity index (χ3n) is 2.80. The number of hydrogen-bond donors (Lipinski definition) is 4. The molecule has 0 aliphatic carbocycles. The van der Waals surface area contributed by atoms with Crippen LogP contribution in [0, 0.1) is 4.77 Å². The zero-order chi connectivity index (χ0) is 16.1. The summed E-state index contributed by atoms with van der Waals surface area (Å²) in [6.45, 7) is 1.73. The number of carbonyl (C=O) groups excluding carboxylic acids is 1. The van der Waals surface area contributed by atoms with Crippen molar-refractivity contribution in [3.63, 3.8) is 0 Å². The van der Waals surface area contributed by atoms with Crippen molar-refractivity contribution in [3.8, 4) is 5.75 Å². The van der Waals surface area contributed by atoms with Crippen LogP contribution in [0.4, 0.5) is 0 Å². The lowest BCUT2D eigenvalue weighted by Crippen LogP contribution is -2.23. The Kier molecular flexibility index (Phi) is 4.84. The molecule has 114 valence electrons. The van der Waals surface area contributed by atoms with E-state index in [1.54, 1.807) is 19.1 Å². The first-order valence-corrected chi connectivity index (χ1v) is 6.80. The number of benzene rings is 1. The number of phenolic OH excluding ortho intramolecular Hbond substituents is 1. The molecule has 0 spiro atoms. The van der Waals surface area contributed by atoms with Gasteiger partial charge in [0.15, 0.2) is 4.77 Å². The Morgan fingerprint density at radius 2 is 2.00 bits per heavy atom. The van der Waals surface area contributed by atoms with Gasteiger partial charge in [-0.25, -0.2) is 5.43 Å². The van der Waals surface area contributed by atoms with E-state index in [1.807, 2.05) is 0 Å². The van der Waals surface area contributed by atoms with Crippen molar-refractivity contribution in [2.45, 2.75) is 13.3 Å². The molecule has 0 bridgehead atoms. The van der Waals surface area contributed by atoms with E-state index in [9.17, 15) is 14.7 Å². The van der Waals surface area contributed by atoms with Crippen molar-refractivity contribution < 1.29 is 9.90 Å². The van der Waals surface area contributed by atoms with Gasteiger partial charge in [0, 0.05) is 11.8 Å². The number of nitrogens with zero attached hydrogens (tertiary/aromatic N) is 1. The maximum atomic E-state index is 11.8. The number of hydrogen-bond acceptors (Lipinski definition) is 5. The summed E-state index contributed by atoms with van der Waals surface area (Å²) in [5, 5.41) is 13.2. The van der Waals surface area contributed by atoms with Crippen molar-refractivity contribution in [1.82, 2.24) is 15.4 Å². The van der Waals surface area contributed by atoms with Crippen molar-refractivity contribution in [3.05, 3.63) is 56.7 Å². The van der Waals surface area contributed by atoms with Gasteiger partial charge >= 0.3 is 0 Å². The topological polar surface area (TPSA) is 110 Å². The molecule has 8 heteroatoms. The van der Waals surface area contributed by atoms with Gasteiger partial charge in [-0.05, 0) is 49.0 Å². The molecule has 1 amide bonds. The number of hydrazone groups is 1. The maximum Gasteiger partial charge on any atom is 0.251 e. The SMILES string of the molecule is C/C(=N\NC(=O)Cc1cc(=O)[nH]c(=S)[nH]1)c1ccc(O)cc1. The molecule has 1 aromatic carbocycles. The largest absolute Gasteiger partial charge is 0.508 e.